The van der Waals surface area contributed by atoms with E-state index in [1.165, 1.54) is 11.8 Å². The van der Waals surface area contributed by atoms with Crippen molar-refractivity contribution in [3.63, 3.8) is 0 Å². The van der Waals surface area contributed by atoms with Gasteiger partial charge < -0.3 is 14.3 Å². The van der Waals surface area contributed by atoms with Crippen LogP contribution in [0.25, 0.3) is 11.0 Å². The van der Waals surface area contributed by atoms with E-state index in [1.807, 2.05) is 43.3 Å². The number of hydrogen-bond donors (Lipinski definition) is 1. The summed E-state index contributed by atoms with van der Waals surface area (Å²) >= 11 is 7.38. The van der Waals surface area contributed by atoms with Gasteiger partial charge >= 0.3 is 5.97 Å². The third-order valence-electron chi connectivity index (χ3n) is 4.07. The summed E-state index contributed by atoms with van der Waals surface area (Å²) in [6, 6.07) is 11.5. The molecule has 0 atom stereocenters. The number of aryl methyl sites for hydroxylation is 2. The van der Waals surface area contributed by atoms with Gasteiger partial charge in [0.1, 0.15) is 17.9 Å². The zero-order valence-electron chi connectivity index (χ0n) is 14.3. The van der Waals surface area contributed by atoms with Crippen LogP contribution in [0.4, 0.5) is 0 Å². The second-order valence-electron chi connectivity index (χ2n) is 5.97. The molecule has 3 rings (SSSR count). The number of hydrogen-bond acceptors (Lipinski definition) is 4. The average molecular weight is 391 g/mol. The Kier molecular flexibility index (Phi) is 6.12. The van der Waals surface area contributed by atoms with Gasteiger partial charge in [-0.15, -0.1) is 11.8 Å². The summed E-state index contributed by atoms with van der Waals surface area (Å²) in [6.07, 6.45) is 2.51. The Hall–Kier alpha value is -2.11. The number of fused-ring (bicyclic) bond motifs is 1. The van der Waals surface area contributed by atoms with E-state index in [0.717, 1.165) is 50.6 Å². The summed E-state index contributed by atoms with van der Waals surface area (Å²) in [7, 11) is 0. The molecule has 0 unspecified atom stereocenters. The highest BCUT2D eigenvalue weighted by molar-refractivity contribution is 7.99. The molecule has 0 aliphatic rings. The fourth-order valence-corrected chi connectivity index (χ4v) is 3.58. The second kappa shape index (κ2) is 8.52. The SMILES string of the molecule is Cc1cc(Cl)ccc1COc1ccc2c(CCSCC(=O)O)coc2c1. The van der Waals surface area contributed by atoms with Crippen LogP contribution in [0.1, 0.15) is 16.7 Å². The molecular weight excluding hydrogens is 372 g/mol. The molecule has 0 saturated carbocycles. The minimum atomic E-state index is -0.787. The third kappa shape index (κ3) is 4.74. The van der Waals surface area contributed by atoms with Crippen LogP contribution in [0.2, 0.25) is 5.02 Å². The van der Waals surface area contributed by atoms with E-state index in [2.05, 4.69) is 0 Å². The minimum Gasteiger partial charge on any atom is -0.489 e. The highest BCUT2D eigenvalue weighted by atomic mass is 35.5. The predicted octanol–water partition coefficient (Wildman–Crippen LogP) is 5.33. The number of furan rings is 1. The van der Waals surface area contributed by atoms with E-state index in [1.54, 1.807) is 6.26 Å². The molecule has 1 aromatic heterocycles. The number of benzene rings is 2. The van der Waals surface area contributed by atoms with E-state index < -0.39 is 5.97 Å². The summed E-state index contributed by atoms with van der Waals surface area (Å²) in [5.41, 5.74) is 4.04. The molecular formula is C20H19ClO4S. The van der Waals surface area contributed by atoms with Crippen molar-refractivity contribution < 1.29 is 19.1 Å². The molecule has 2 aromatic carbocycles. The van der Waals surface area contributed by atoms with E-state index in [9.17, 15) is 4.79 Å². The van der Waals surface area contributed by atoms with Gasteiger partial charge in [-0.05, 0) is 60.1 Å². The largest absolute Gasteiger partial charge is 0.489 e. The van der Waals surface area contributed by atoms with Gasteiger partial charge in [0.25, 0.3) is 0 Å². The summed E-state index contributed by atoms with van der Waals surface area (Å²) < 4.78 is 11.5. The first-order chi connectivity index (χ1) is 12.5. The summed E-state index contributed by atoms with van der Waals surface area (Å²) in [5.74, 6) is 0.824. The molecule has 0 aliphatic heterocycles. The number of halogens is 1. The van der Waals surface area contributed by atoms with Gasteiger partial charge in [-0.2, -0.15) is 0 Å². The van der Waals surface area contributed by atoms with E-state index in [4.69, 9.17) is 25.9 Å². The Balaban J connectivity index is 1.63. The van der Waals surface area contributed by atoms with E-state index >= 15 is 0 Å². The number of ether oxygens (including phenoxy) is 1. The van der Waals surface area contributed by atoms with Crippen molar-refractivity contribution in [3.8, 4) is 5.75 Å². The van der Waals surface area contributed by atoms with Crippen molar-refractivity contribution in [1.29, 1.82) is 0 Å². The quantitative estimate of drug-likeness (QED) is 0.526. The lowest BCUT2D eigenvalue weighted by molar-refractivity contribution is -0.133. The van der Waals surface area contributed by atoms with Crippen molar-refractivity contribution >= 4 is 40.3 Å². The Labute approximate surface area is 161 Å². The fourth-order valence-electron chi connectivity index (χ4n) is 2.67. The van der Waals surface area contributed by atoms with Gasteiger partial charge in [-0.25, -0.2) is 0 Å². The molecule has 6 heteroatoms. The monoisotopic (exact) mass is 390 g/mol. The van der Waals surface area contributed by atoms with Crippen LogP contribution in [-0.4, -0.2) is 22.6 Å². The molecule has 0 aliphatic carbocycles. The topological polar surface area (TPSA) is 59.7 Å². The average Bonchev–Trinajstić information content (AvgIpc) is 3.00. The molecule has 0 amide bonds. The van der Waals surface area contributed by atoms with Gasteiger partial charge in [-0.3, -0.25) is 4.79 Å². The minimum absolute atomic E-state index is 0.123. The molecule has 0 spiro atoms. The second-order valence-corrected chi connectivity index (χ2v) is 7.52. The van der Waals surface area contributed by atoms with Gasteiger partial charge in [0, 0.05) is 16.5 Å². The summed E-state index contributed by atoms with van der Waals surface area (Å²) in [5, 5.41) is 10.4. The molecule has 0 saturated heterocycles. The maximum atomic E-state index is 10.6. The molecule has 0 fully saturated rings. The van der Waals surface area contributed by atoms with Gasteiger partial charge in [0.2, 0.25) is 0 Å². The number of aliphatic carboxylic acids is 1. The number of thioether (sulfide) groups is 1. The number of carboxylic acid groups (broad SMARTS) is 1. The Morgan fingerprint density at radius 3 is 2.85 bits per heavy atom. The van der Waals surface area contributed by atoms with E-state index in [-0.39, 0.29) is 5.75 Å². The standard InChI is InChI=1S/C20H19ClO4S/c1-13-8-16(21)3-2-14(13)10-24-17-4-5-18-15(11-25-19(18)9-17)6-7-26-12-20(22)23/h2-5,8-9,11H,6-7,10,12H2,1H3,(H,22,23). The molecule has 0 radical (unpaired) electrons. The smallest absolute Gasteiger partial charge is 0.313 e. The number of carbonyl (C=O) groups is 1. The van der Waals surface area contributed by atoms with Crippen molar-refractivity contribution in [3.05, 3.63) is 64.4 Å². The van der Waals surface area contributed by atoms with Gasteiger partial charge in [0.15, 0.2) is 0 Å². The van der Waals surface area contributed by atoms with Crippen molar-refractivity contribution in [1.82, 2.24) is 0 Å². The van der Waals surface area contributed by atoms with Crippen molar-refractivity contribution in [2.24, 2.45) is 0 Å². The van der Waals surface area contributed by atoms with Crippen LogP contribution >= 0.6 is 23.4 Å². The molecule has 1 heterocycles. The van der Waals surface area contributed by atoms with Crippen LogP contribution in [0, 0.1) is 6.92 Å². The third-order valence-corrected chi connectivity index (χ3v) is 5.25. The molecule has 3 aromatic rings. The highest BCUT2D eigenvalue weighted by Crippen LogP contribution is 2.27. The molecule has 136 valence electrons. The number of rotatable bonds is 8. The predicted molar refractivity (Wildman–Crippen MR) is 105 cm³/mol. The van der Waals surface area contributed by atoms with Gasteiger partial charge in [-0.1, -0.05) is 17.7 Å². The van der Waals surface area contributed by atoms with Crippen LogP contribution in [-0.2, 0) is 17.8 Å². The lowest BCUT2D eigenvalue weighted by Crippen LogP contribution is -1.99. The van der Waals surface area contributed by atoms with Crippen molar-refractivity contribution in [2.75, 3.05) is 11.5 Å². The van der Waals surface area contributed by atoms with Crippen LogP contribution in [0.15, 0.2) is 47.1 Å². The normalized spacial score (nSPS) is 11.0. The first-order valence-corrected chi connectivity index (χ1v) is 9.73. The first kappa shape index (κ1) is 18.7. The van der Waals surface area contributed by atoms with Crippen LogP contribution in [0.3, 0.4) is 0 Å². The summed E-state index contributed by atoms with van der Waals surface area (Å²) in [6.45, 7) is 2.48. The maximum absolute atomic E-state index is 10.6. The Morgan fingerprint density at radius 1 is 1.23 bits per heavy atom. The van der Waals surface area contributed by atoms with Gasteiger partial charge in [0.05, 0.1) is 12.0 Å². The molecule has 1 N–H and O–H groups in total. The lowest BCUT2D eigenvalue weighted by atomic mass is 10.1. The number of carboxylic acids is 1. The molecule has 4 nitrogen and oxygen atoms in total. The molecule has 26 heavy (non-hydrogen) atoms. The maximum Gasteiger partial charge on any atom is 0.313 e. The lowest BCUT2D eigenvalue weighted by Gasteiger charge is -2.09. The summed E-state index contributed by atoms with van der Waals surface area (Å²) in [4.78, 5) is 10.6. The van der Waals surface area contributed by atoms with E-state index in [0.29, 0.717) is 6.61 Å². The van der Waals surface area contributed by atoms with Crippen LogP contribution < -0.4 is 4.74 Å². The Morgan fingerprint density at radius 2 is 2.08 bits per heavy atom. The highest BCUT2D eigenvalue weighted by Gasteiger charge is 2.08. The molecule has 0 bridgehead atoms. The van der Waals surface area contributed by atoms with Crippen molar-refractivity contribution in [2.45, 2.75) is 20.0 Å². The fraction of sp³-hybridized carbons (Fsp3) is 0.250. The zero-order chi connectivity index (χ0) is 18.5. The Bertz CT molecular complexity index is 919. The zero-order valence-corrected chi connectivity index (χ0v) is 15.9. The van der Waals surface area contributed by atoms with Crippen LogP contribution in [0.5, 0.6) is 5.75 Å². The first-order valence-electron chi connectivity index (χ1n) is 8.20.